The largest absolute Gasteiger partial charge is 0.493 e. The fourth-order valence-electron chi connectivity index (χ4n) is 5.49. The van der Waals surface area contributed by atoms with Crippen molar-refractivity contribution in [3.63, 3.8) is 0 Å². The van der Waals surface area contributed by atoms with Crippen LogP contribution in [-0.2, 0) is 0 Å². The number of ether oxygens (including phenoxy) is 4. The number of rotatable bonds is 7. The van der Waals surface area contributed by atoms with Crippen LogP contribution in [0.5, 0.6) is 23.0 Å². The first-order valence-corrected chi connectivity index (χ1v) is 12.8. The molecule has 4 nitrogen and oxygen atoms in total. The van der Waals surface area contributed by atoms with Gasteiger partial charge in [0.05, 0.1) is 28.4 Å². The molecule has 1 aliphatic rings. The average molecular weight is 507 g/mol. The Morgan fingerprint density at radius 2 is 1.03 bits per heavy atom. The van der Waals surface area contributed by atoms with Crippen molar-refractivity contribution in [1.82, 2.24) is 0 Å². The number of fused-ring (bicyclic) bond motifs is 1. The summed E-state index contributed by atoms with van der Waals surface area (Å²) in [6.07, 6.45) is 2.31. The first-order chi connectivity index (χ1) is 18.5. The van der Waals surface area contributed by atoms with Gasteiger partial charge >= 0.3 is 0 Å². The van der Waals surface area contributed by atoms with Crippen molar-refractivity contribution in [3.8, 4) is 23.0 Å². The van der Waals surface area contributed by atoms with E-state index in [0.717, 1.165) is 11.1 Å². The standard InChI is InChI=1S/C34H34O4/c1-21-7-11-23(12-8-21)27-17-26-19-31(37-5)32(38-6)20-28(26)34(33(27)24-13-9-22(2)10-14-24)25-15-16-29(35-3)30(18-25)36-4/h7-20,33-34H,1-6H3/t33-,34-/m0/s1. The van der Waals surface area contributed by atoms with E-state index in [4.69, 9.17) is 18.9 Å². The molecule has 0 N–H and O–H groups in total. The van der Waals surface area contributed by atoms with E-state index in [1.54, 1.807) is 28.4 Å². The molecule has 4 heteroatoms. The third kappa shape index (κ3) is 4.63. The van der Waals surface area contributed by atoms with Gasteiger partial charge in [0.25, 0.3) is 0 Å². The highest BCUT2D eigenvalue weighted by Gasteiger charge is 2.36. The second-order valence-electron chi connectivity index (χ2n) is 9.78. The Morgan fingerprint density at radius 3 is 1.63 bits per heavy atom. The third-order valence-electron chi connectivity index (χ3n) is 7.49. The molecular weight excluding hydrogens is 472 g/mol. The number of methoxy groups -OCH3 is 4. The summed E-state index contributed by atoms with van der Waals surface area (Å²) >= 11 is 0. The highest BCUT2D eigenvalue weighted by molar-refractivity contribution is 5.90. The van der Waals surface area contributed by atoms with Crippen LogP contribution < -0.4 is 18.9 Å². The summed E-state index contributed by atoms with van der Waals surface area (Å²) in [5, 5.41) is 0. The monoisotopic (exact) mass is 506 g/mol. The first-order valence-electron chi connectivity index (χ1n) is 12.8. The van der Waals surface area contributed by atoms with Crippen LogP contribution in [0.15, 0.2) is 78.9 Å². The maximum absolute atomic E-state index is 5.76. The number of allylic oxidation sites excluding steroid dienone is 1. The van der Waals surface area contributed by atoms with Crippen LogP contribution in [-0.4, -0.2) is 28.4 Å². The van der Waals surface area contributed by atoms with Gasteiger partial charge in [-0.15, -0.1) is 0 Å². The lowest BCUT2D eigenvalue weighted by Crippen LogP contribution is -2.20. The maximum Gasteiger partial charge on any atom is 0.161 e. The summed E-state index contributed by atoms with van der Waals surface area (Å²) in [5.41, 5.74) is 9.61. The molecule has 0 unspecified atom stereocenters. The minimum absolute atomic E-state index is 0.00591. The SMILES string of the molecule is COc1ccc([C@H]2c3cc(OC)c(OC)cc3C=C(c3ccc(C)cc3)[C@@H]2c2ccc(C)cc2)cc1OC. The minimum Gasteiger partial charge on any atom is -0.493 e. The molecule has 4 aromatic carbocycles. The second kappa shape index (κ2) is 10.7. The van der Waals surface area contributed by atoms with E-state index in [0.29, 0.717) is 23.0 Å². The lowest BCUT2D eigenvalue weighted by molar-refractivity contribution is 0.353. The second-order valence-corrected chi connectivity index (χ2v) is 9.78. The van der Waals surface area contributed by atoms with Gasteiger partial charge in [-0.05, 0) is 71.5 Å². The lowest BCUT2D eigenvalue weighted by Gasteiger charge is -2.36. The van der Waals surface area contributed by atoms with E-state index in [2.05, 4.69) is 92.7 Å². The predicted molar refractivity (Wildman–Crippen MR) is 154 cm³/mol. The summed E-state index contributed by atoms with van der Waals surface area (Å²) in [4.78, 5) is 0. The van der Waals surface area contributed by atoms with E-state index in [1.165, 1.54) is 33.4 Å². The normalized spacial score (nSPS) is 16.3. The van der Waals surface area contributed by atoms with Crippen molar-refractivity contribution in [2.75, 3.05) is 28.4 Å². The Hall–Kier alpha value is -4.18. The zero-order valence-electron chi connectivity index (χ0n) is 22.9. The molecule has 0 heterocycles. The van der Waals surface area contributed by atoms with Gasteiger partial charge in [-0.1, -0.05) is 71.8 Å². The molecule has 1 aliphatic carbocycles. The molecule has 0 radical (unpaired) electrons. The molecule has 0 fully saturated rings. The van der Waals surface area contributed by atoms with Crippen molar-refractivity contribution < 1.29 is 18.9 Å². The van der Waals surface area contributed by atoms with Crippen LogP contribution in [0.1, 0.15) is 50.8 Å². The Labute approximate surface area is 225 Å². The molecule has 0 aliphatic heterocycles. The van der Waals surface area contributed by atoms with Crippen LogP contribution in [0.25, 0.3) is 11.6 Å². The van der Waals surface area contributed by atoms with Crippen molar-refractivity contribution >= 4 is 11.6 Å². The highest BCUT2D eigenvalue weighted by Crippen LogP contribution is 2.54. The van der Waals surface area contributed by atoms with Gasteiger partial charge in [-0.3, -0.25) is 0 Å². The minimum atomic E-state index is -0.00591. The summed E-state index contributed by atoms with van der Waals surface area (Å²) in [6, 6.07) is 28.1. The van der Waals surface area contributed by atoms with E-state index < -0.39 is 0 Å². The van der Waals surface area contributed by atoms with Crippen molar-refractivity contribution in [3.05, 3.63) is 118 Å². The number of aryl methyl sites for hydroxylation is 2. The van der Waals surface area contributed by atoms with Crippen LogP contribution in [0.4, 0.5) is 0 Å². The first kappa shape index (κ1) is 25.5. The van der Waals surface area contributed by atoms with Gasteiger partial charge in [0.1, 0.15) is 0 Å². The molecular formula is C34H34O4. The zero-order chi connectivity index (χ0) is 26.8. The molecule has 38 heavy (non-hydrogen) atoms. The van der Waals surface area contributed by atoms with Crippen molar-refractivity contribution in [1.29, 1.82) is 0 Å². The Kier molecular flexibility index (Phi) is 7.15. The quantitative estimate of drug-likeness (QED) is 0.256. The molecule has 194 valence electrons. The summed E-state index contributed by atoms with van der Waals surface area (Å²) in [7, 11) is 6.71. The molecule has 4 aromatic rings. The number of hydrogen-bond acceptors (Lipinski definition) is 4. The molecule has 0 bridgehead atoms. The molecule has 0 amide bonds. The maximum atomic E-state index is 5.76. The highest BCUT2D eigenvalue weighted by atomic mass is 16.5. The van der Waals surface area contributed by atoms with E-state index >= 15 is 0 Å². The predicted octanol–water partition coefficient (Wildman–Crippen LogP) is 7.81. The van der Waals surface area contributed by atoms with Crippen LogP contribution in [0.2, 0.25) is 0 Å². The van der Waals surface area contributed by atoms with Crippen LogP contribution >= 0.6 is 0 Å². The molecule has 0 saturated carbocycles. The van der Waals surface area contributed by atoms with Crippen LogP contribution in [0.3, 0.4) is 0 Å². The van der Waals surface area contributed by atoms with E-state index in [1.807, 2.05) is 6.07 Å². The molecule has 5 rings (SSSR count). The zero-order valence-corrected chi connectivity index (χ0v) is 22.9. The van der Waals surface area contributed by atoms with E-state index in [-0.39, 0.29) is 11.8 Å². The molecule has 0 spiro atoms. The average Bonchev–Trinajstić information content (AvgIpc) is 2.96. The van der Waals surface area contributed by atoms with Crippen molar-refractivity contribution in [2.45, 2.75) is 25.7 Å². The summed E-state index contributed by atoms with van der Waals surface area (Å²) < 4.78 is 22.8. The smallest absolute Gasteiger partial charge is 0.161 e. The van der Waals surface area contributed by atoms with Crippen LogP contribution in [0, 0.1) is 13.8 Å². The van der Waals surface area contributed by atoms with Gasteiger partial charge in [0.15, 0.2) is 23.0 Å². The molecule has 2 atom stereocenters. The number of benzene rings is 4. The lowest BCUT2D eigenvalue weighted by atomic mass is 9.67. The van der Waals surface area contributed by atoms with Gasteiger partial charge in [0.2, 0.25) is 0 Å². The topological polar surface area (TPSA) is 36.9 Å². The van der Waals surface area contributed by atoms with Crippen molar-refractivity contribution in [2.24, 2.45) is 0 Å². The van der Waals surface area contributed by atoms with E-state index in [9.17, 15) is 0 Å². The Morgan fingerprint density at radius 1 is 0.500 bits per heavy atom. The summed E-state index contributed by atoms with van der Waals surface area (Å²) in [5.74, 6) is 2.90. The van der Waals surface area contributed by atoms with Gasteiger partial charge in [0, 0.05) is 11.8 Å². The molecule has 0 aromatic heterocycles. The third-order valence-corrected chi connectivity index (χ3v) is 7.49. The van der Waals surface area contributed by atoms with Gasteiger partial charge in [-0.25, -0.2) is 0 Å². The Balaban J connectivity index is 1.83. The van der Waals surface area contributed by atoms with Gasteiger partial charge < -0.3 is 18.9 Å². The fraction of sp³-hybridized carbons (Fsp3) is 0.235. The van der Waals surface area contributed by atoms with Gasteiger partial charge in [-0.2, -0.15) is 0 Å². The summed E-state index contributed by atoms with van der Waals surface area (Å²) in [6.45, 7) is 4.25. The Bertz CT molecular complexity index is 1470. The number of hydrogen-bond donors (Lipinski definition) is 0. The fourth-order valence-corrected chi connectivity index (χ4v) is 5.49. The molecule has 0 saturated heterocycles.